The Balaban J connectivity index is 2.78. The zero-order valence-electron chi connectivity index (χ0n) is 9.88. The Hall–Kier alpha value is -1.09. The van der Waals surface area contributed by atoms with Crippen LogP contribution >= 0.6 is 0 Å². The lowest BCUT2D eigenvalue weighted by Gasteiger charge is -2.13. The van der Waals surface area contributed by atoms with Gasteiger partial charge in [-0.2, -0.15) is 0 Å². The van der Waals surface area contributed by atoms with E-state index in [-0.39, 0.29) is 6.04 Å². The first-order chi connectivity index (χ1) is 7.19. The molecule has 84 valence electrons. The number of rotatable bonds is 5. The Morgan fingerprint density at radius 1 is 1.47 bits per heavy atom. The van der Waals surface area contributed by atoms with Crippen molar-refractivity contribution in [1.82, 2.24) is 4.98 Å². The highest BCUT2D eigenvalue weighted by molar-refractivity contribution is 5.41. The molecule has 1 aromatic heterocycles. The number of anilines is 1. The van der Waals surface area contributed by atoms with Crippen LogP contribution in [-0.4, -0.2) is 11.5 Å². The first-order valence-electron chi connectivity index (χ1n) is 5.65. The van der Waals surface area contributed by atoms with Gasteiger partial charge in [0.05, 0.1) is 0 Å². The highest BCUT2D eigenvalue weighted by atomic mass is 15.0. The van der Waals surface area contributed by atoms with Crippen LogP contribution in [0.3, 0.4) is 0 Å². The van der Waals surface area contributed by atoms with Gasteiger partial charge in [0, 0.05) is 18.8 Å². The van der Waals surface area contributed by atoms with Crippen molar-refractivity contribution in [2.24, 2.45) is 5.73 Å². The summed E-state index contributed by atoms with van der Waals surface area (Å²) in [5, 5.41) is 3.27. The van der Waals surface area contributed by atoms with E-state index >= 15 is 0 Å². The molecule has 0 saturated carbocycles. The molecule has 0 aliphatic heterocycles. The summed E-state index contributed by atoms with van der Waals surface area (Å²) in [7, 11) is 0. The van der Waals surface area contributed by atoms with Gasteiger partial charge in [0.1, 0.15) is 5.82 Å². The third-order valence-corrected chi connectivity index (χ3v) is 2.55. The van der Waals surface area contributed by atoms with E-state index < -0.39 is 0 Å². The van der Waals surface area contributed by atoms with Crippen LogP contribution in [0.5, 0.6) is 0 Å². The molecule has 0 aliphatic rings. The normalized spacial score (nSPS) is 12.5. The number of nitrogens with zero attached hydrogens (tertiary/aromatic N) is 1. The minimum atomic E-state index is 0.109. The Bertz CT molecular complexity index is 310. The van der Waals surface area contributed by atoms with Crippen LogP contribution in [-0.2, 0) is 0 Å². The average molecular weight is 207 g/mol. The van der Waals surface area contributed by atoms with Gasteiger partial charge in [-0.3, -0.25) is 0 Å². The Morgan fingerprint density at radius 2 is 2.20 bits per heavy atom. The molecule has 3 nitrogen and oxygen atoms in total. The van der Waals surface area contributed by atoms with Gasteiger partial charge in [0.15, 0.2) is 0 Å². The minimum Gasteiger partial charge on any atom is -0.370 e. The topological polar surface area (TPSA) is 50.9 Å². The van der Waals surface area contributed by atoms with Crippen molar-refractivity contribution in [3.63, 3.8) is 0 Å². The lowest BCUT2D eigenvalue weighted by molar-refractivity contribution is 0.690. The molecule has 0 bridgehead atoms. The summed E-state index contributed by atoms with van der Waals surface area (Å²) < 4.78 is 0. The standard InChI is InChI=1S/C12H21N3/c1-4-6-14-12-7-9(3)10(8-15-12)11(13)5-2/h7-8,11H,4-6,13H2,1-3H3,(H,14,15)/t11-/m1/s1. The van der Waals surface area contributed by atoms with Crippen LogP contribution in [0, 0.1) is 6.92 Å². The number of nitrogens with two attached hydrogens (primary N) is 1. The second-order valence-corrected chi connectivity index (χ2v) is 3.87. The molecule has 0 unspecified atom stereocenters. The molecule has 1 atom stereocenters. The number of hydrogen-bond donors (Lipinski definition) is 2. The second kappa shape index (κ2) is 5.71. The van der Waals surface area contributed by atoms with Crippen LogP contribution in [0.2, 0.25) is 0 Å². The summed E-state index contributed by atoms with van der Waals surface area (Å²) >= 11 is 0. The van der Waals surface area contributed by atoms with Crippen molar-refractivity contribution >= 4 is 5.82 Å². The average Bonchev–Trinajstić information content (AvgIpc) is 2.25. The van der Waals surface area contributed by atoms with Crippen molar-refractivity contribution in [2.75, 3.05) is 11.9 Å². The van der Waals surface area contributed by atoms with E-state index in [0.717, 1.165) is 30.8 Å². The monoisotopic (exact) mass is 207 g/mol. The summed E-state index contributed by atoms with van der Waals surface area (Å²) in [4.78, 5) is 4.35. The van der Waals surface area contributed by atoms with Gasteiger partial charge in [0.2, 0.25) is 0 Å². The van der Waals surface area contributed by atoms with Gasteiger partial charge in [-0.1, -0.05) is 13.8 Å². The molecule has 15 heavy (non-hydrogen) atoms. The first kappa shape index (κ1) is 12.0. The molecular weight excluding hydrogens is 186 g/mol. The lowest BCUT2D eigenvalue weighted by atomic mass is 10.0. The van der Waals surface area contributed by atoms with Gasteiger partial charge in [-0.05, 0) is 37.0 Å². The van der Waals surface area contributed by atoms with Crippen molar-refractivity contribution in [1.29, 1.82) is 0 Å². The fourth-order valence-corrected chi connectivity index (χ4v) is 1.52. The van der Waals surface area contributed by atoms with Crippen LogP contribution in [0.4, 0.5) is 5.82 Å². The molecule has 0 aromatic carbocycles. The molecule has 1 heterocycles. The molecule has 3 N–H and O–H groups in total. The zero-order valence-corrected chi connectivity index (χ0v) is 9.88. The molecule has 1 rings (SSSR count). The van der Waals surface area contributed by atoms with E-state index in [1.54, 1.807) is 0 Å². The predicted octanol–water partition coefficient (Wildman–Crippen LogP) is 2.62. The van der Waals surface area contributed by atoms with Crippen molar-refractivity contribution in [3.8, 4) is 0 Å². The number of aromatic nitrogens is 1. The first-order valence-corrected chi connectivity index (χ1v) is 5.65. The van der Waals surface area contributed by atoms with E-state index in [4.69, 9.17) is 5.73 Å². The number of nitrogens with one attached hydrogen (secondary N) is 1. The Kier molecular flexibility index (Phi) is 4.56. The summed E-state index contributed by atoms with van der Waals surface area (Å²) in [6, 6.07) is 2.18. The molecular formula is C12H21N3. The third-order valence-electron chi connectivity index (χ3n) is 2.55. The summed E-state index contributed by atoms with van der Waals surface area (Å²) in [6.45, 7) is 7.28. The molecule has 0 aliphatic carbocycles. The maximum Gasteiger partial charge on any atom is 0.126 e. The van der Waals surface area contributed by atoms with Crippen LogP contribution < -0.4 is 11.1 Å². The summed E-state index contributed by atoms with van der Waals surface area (Å²) in [6.07, 6.45) is 3.95. The van der Waals surface area contributed by atoms with Crippen molar-refractivity contribution in [3.05, 3.63) is 23.4 Å². The lowest BCUT2D eigenvalue weighted by Crippen LogP contribution is -2.11. The highest BCUT2D eigenvalue weighted by Crippen LogP contribution is 2.19. The fraction of sp³-hybridized carbons (Fsp3) is 0.583. The number of aryl methyl sites for hydroxylation is 1. The summed E-state index contributed by atoms with van der Waals surface area (Å²) in [5.74, 6) is 0.946. The number of pyridine rings is 1. The maximum absolute atomic E-state index is 5.98. The Labute approximate surface area is 92.1 Å². The van der Waals surface area contributed by atoms with E-state index in [1.165, 1.54) is 5.56 Å². The fourth-order valence-electron chi connectivity index (χ4n) is 1.52. The summed E-state index contributed by atoms with van der Waals surface area (Å²) in [5.41, 5.74) is 8.36. The molecule has 3 heteroatoms. The molecule has 0 saturated heterocycles. The van der Waals surface area contributed by atoms with E-state index in [2.05, 4.69) is 37.1 Å². The van der Waals surface area contributed by atoms with Crippen LogP contribution in [0.25, 0.3) is 0 Å². The third kappa shape index (κ3) is 3.20. The SMILES string of the molecule is CCCNc1cc(C)c([C@H](N)CC)cn1. The molecule has 0 radical (unpaired) electrons. The number of hydrogen-bond acceptors (Lipinski definition) is 3. The van der Waals surface area contributed by atoms with Gasteiger partial charge in [-0.15, -0.1) is 0 Å². The highest BCUT2D eigenvalue weighted by Gasteiger charge is 2.07. The van der Waals surface area contributed by atoms with Crippen LogP contribution in [0.15, 0.2) is 12.3 Å². The largest absolute Gasteiger partial charge is 0.370 e. The maximum atomic E-state index is 5.98. The van der Waals surface area contributed by atoms with Gasteiger partial charge >= 0.3 is 0 Å². The van der Waals surface area contributed by atoms with E-state index in [0.29, 0.717) is 0 Å². The van der Waals surface area contributed by atoms with Gasteiger partial charge < -0.3 is 11.1 Å². The van der Waals surface area contributed by atoms with E-state index in [9.17, 15) is 0 Å². The molecule has 1 aromatic rings. The van der Waals surface area contributed by atoms with Gasteiger partial charge in [-0.25, -0.2) is 4.98 Å². The Morgan fingerprint density at radius 3 is 2.73 bits per heavy atom. The molecule has 0 amide bonds. The predicted molar refractivity (Wildman–Crippen MR) is 65.0 cm³/mol. The van der Waals surface area contributed by atoms with Crippen LogP contribution in [0.1, 0.15) is 43.9 Å². The van der Waals surface area contributed by atoms with Gasteiger partial charge in [0.25, 0.3) is 0 Å². The molecule has 0 fully saturated rings. The van der Waals surface area contributed by atoms with Crippen molar-refractivity contribution in [2.45, 2.75) is 39.7 Å². The minimum absolute atomic E-state index is 0.109. The van der Waals surface area contributed by atoms with E-state index in [1.807, 2.05) is 6.20 Å². The smallest absolute Gasteiger partial charge is 0.126 e. The van der Waals surface area contributed by atoms with Crippen molar-refractivity contribution < 1.29 is 0 Å². The second-order valence-electron chi connectivity index (χ2n) is 3.87. The quantitative estimate of drug-likeness (QED) is 0.780. The molecule has 0 spiro atoms. The zero-order chi connectivity index (χ0) is 11.3.